The van der Waals surface area contributed by atoms with Crippen molar-refractivity contribution in [2.75, 3.05) is 5.32 Å². The maximum atomic E-state index is 13.5. The Bertz CT molecular complexity index is 758. The third-order valence-corrected chi connectivity index (χ3v) is 2.91. The molecule has 0 saturated carbocycles. The number of esters is 1. The Morgan fingerprint density at radius 3 is 2.33 bits per heavy atom. The van der Waals surface area contributed by atoms with E-state index in [0.717, 1.165) is 6.92 Å². The molecule has 0 spiro atoms. The topological polar surface area (TPSA) is 68.3 Å². The van der Waals surface area contributed by atoms with Crippen LogP contribution in [0.4, 0.5) is 23.2 Å². The molecule has 1 atom stereocenters. The summed E-state index contributed by atoms with van der Waals surface area (Å²) in [4.78, 5) is 27.3. The Labute approximate surface area is 133 Å². The molecule has 2 aromatic rings. The lowest BCUT2D eigenvalue weighted by atomic mass is 10.2. The van der Waals surface area contributed by atoms with Crippen molar-refractivity contribution >= 4 is 17.6 Å². The highest BCUT2D eigenvalue weighted by molar-refractivity contribution is 5.97. The number of rotatable bonds is 4. The summed E-state index contributed by atoms with van der Waals surface area (Å²) in [6.45, 7) is 1.12. The fourth-order valence-corrected chi connectivity index (χ4v) is 1.67. The fraction of sp³-hybridized carbons (Fsp3) is 0.133. The number of hydrogen-bond donors (Lipinski definition) is 1. The number of aromatic nitrogens is 1. The molecule has 0 radical (unpaired) electrons. The van der Waals surface area contributed by atoms with Crippen LogP contribution in [0.2, 0.25) is 0 Å². The smallest absolute Gasteiger partial charge is 0.340 e. The number of carbonyl (C=O) groups excluding carboxylic acids is 2. The van der Waals surface area contributed by atoms with E-state index in [0.29, 0.717) is 0 Å². The number of halogens is 4. The van der Waals surface area contributed by atoms with Gasteiger partial charge in [0.15, 0.2) is 29.4 Å². The van der Waals surface area contributed by atoms with E-state index in [1.165, 1.54) is 24.5 Å². The Hall–Kier alpha value is -2.97. The van der Waals surface area contributed by atoms with Crippen LogP contribution in [-0.2, 0) is 9.53 Å². The molecule has 0 aliphatic rings. The molecule has 2 rings (SSSR count). The fourth-order valence-electron chi connectivity index (χ4n) is 1.67. The van der Waals surface area contributed by atoms with Crippen LogP contribution in [0, 0.1) is 23.3 Å². The first kappa shape index (κ1) is 17.4. The second kappa shape index (κ2) is 7.07. The van der Waals surface area contributed by atoms with Crippen molar-refractivity contribution in [3.05, 3.63) is 59.4 Å². The summed E-state index contributed by atoms with van der Waals surface area (Å²) >= 11 is 0. The molecular weight excluding hydrogens is 332 g/mol. The van der Waals surface area contributed by atoms with Crippen molar-refractivity contribution in [1.82, 2.24) is 4.98 Å². The van der Waals surface area contributed by atoms with Gasteiger partial charge in [0.1, 0.15) is 5.69 Å². The van der Waals surface area contributed by atoms with Crippen molar-refractivity contribution in [3.8, 4) is 0 Å². The first-order valence-electron chi connectivity index (χ1n) is 6.56. The van der Waals surface area contributed by atoms with Crippen molar-refractivity contribution in [1.29, 1.82) is 0 Å². The predicted octanol–water partition coefficient (Wildman–Crippen LogP) is 2.82. The third-order valence-electron chi connectivity index (χ3n) is 2.91. The first-order chi connectivity index (χ1) is 11.3. The van der Waals surface area contributed by atoms with Crippen LogP contribution < -0.4 is 5.32 Å². The summed E-state index contributed by atoms with van der Waals surface area (Å²) in [5, 5.41) is 1.65. The lowest BCUT2D eigenvalue weighted by Gasteiger charge is -2.14. The molecule has 1 amide bonds. The summed E-state index contributed by atoms with van der Waals surface area (Å²) in [6, 6.07) is 2.84. The molecule has 1 aromatic carbocycles. The maximum absolute atomic E-state index is 13.5. The van der Waals surface area contributed by atoms with Crippen LogP contribution in [0.15, 0.2) is 30.6 Å². The number of anilines is 1. The van der Waals surface area contributed by atoms with Crippen LogP contribution in [0.3, 0.4) is 0 Å². The van der Waals surface area contributed by atoms with Gasteiger partial charge in [0.25, 0.3) is 5.91 Å². The molecule has 126 valence electrons. The lowest BCUT2D eigenvalue weighted by molar-refractivity contribution is -0.123. The van der Waals surface area contributed by atoms with Gasteiger partial charge in [-0.2, -0.15) is 0 Å². The number of pyridine rings is 1. The van der Waals surface area contributed by atoms with Crippen LogP contribution in [0.1, 0.15) is 17.3 Å². The van der Waals surface area contributed by atoms with E-state index in [-0.39, 0.29) is 11.6 Å². The summed E-state index contributed by atoms with van der Waals surface area (Å²) < 4.78 is 57.9. The Morgan fingerprint density at radius 1 is 1.17 bits per heavy atom. The molecule has 0 saturated heterocycles. The van der Waals surface area contributed by atoms with Gasteiger partial charge in [0, 0.05) is 18.5 Å². The number of hydrogen-bond acceptors (Lipinski definition) is 4. The highest BCUT2D eigenvalue weighted by Crippen LogP contribution is 2.24. The zero-order chi connectivity index (χ0) is 17.9. The predicted molar refractivity (Wildman–Crippen MR) is 74.0 cm³/mol. The maximum Gasteiger partial charge on any atom is 0.340 e. The number of nitrogens with one attached hydrogen (secondary N) is 1. The molecule has 24 heavy (non-hydrogen) atoms. The zero-order valence-corrected chi connectivity index (χ0v) is 12.1. The van der Waals surface area contributed by atoms with E-state index in [4.69, 9.17) is 4.74 Å². The third kappa shape index (κ3) is 3.67. The molecule has 0 fully saturated rings. The highest BCUT2D eigenvalue weighted by atomic mass is 19.2. The second-order valence-corrected chi connectivity index (χ2v) is 4.62. The Kier molecular flexibility index (Phi) is 5.12. The van der Waals surface area contributed by atoms with Gasteiger partial charge in [0.05, 0.1) is 5.56 Å². The van der Waals surface area contributed by atoms with Gasteiger partial charge in [-0.25, -0.2) is 22.4 Å². The molecule has 1 heterocycles. The molecule has 1 aromatic heterocycles. The Morgan fingerprint density at radius 2 is 1.79 bits per heavy atom. The number of amides is 1. The average molecular weight is 342 g/mol. The number of benzene rings is 1. The average Bonchev–Trinajstić information content (AvgIpc) is 2.57. The van der Waals surface area contributed by atoms with E-state index in [9.17, 15) is 27.2 Å². The van der Waals surface area contributed by atoms with Crippen molar-refractivity contribution in [2.24, 2.45) is 0 Å². The van der Waals surface area contributed by atoms with E-state index in [2.05, 4.69) is 4.98 Å². The molecule has 5 nitrogen and oxygen atoms in total. The van der Waals surface area contributed by atoms with E-state index < -0.39 is 46.9 Å². The highest BCUT2D eigenvalue weighted by Gasteiger charge is 2.25. The van der Waals surface area contributed by atoms with Gasteiger partial charge in [-0.3, -0.25) is 9.78 Å². The van der Waals surface area contributed by atoms with Gasteiger partial charge in [-0.15, -0.1) is 0 Å². The number of carbonyl (C=O) groups is 2. The van der Waals surface area contributed by atoms with Crippen LogP contribution in [-0.4, -0.2) is 23.0 Å². The minimum Gasteiger partial charge on any atom is -0.449 e. The zero-order valence-electron chi connectivity index (χ0n) is 12.1. The van der Waals surface area contributed by atoms with E-state index in [1.807, 2.05) is 0 Å². The molecular formula is C15H10F4N2O3. The largest absolute Gasteiger partial charge is 0.449 e. The number of nitrogens with zero attached hydrogens (tertiary/aromatic N) is 1. The second-order valence-electron chi connectivity index (χ2n) is 4.62. The lowest BCUT2D eigenvalue weighted by Crippen LogP contribution is -2.31. The number of ether oxygens (including phenoxy) is 1. The summed E-state index contributed by atoms with van der Waals surface area (Å²) in [7, 11) is 0. The molecule has 9 heteroatoms. The van der Waals surface area contributed by atoms with Crippen molar-refractivity contribution in [3.63, 3.8) is 0 Å². The SMILES string of the molecule is CC(OC(=O)c1cccnc1)C(=O)Nc1c(F)c(F)cc(F)c1F. The van der Waals surface area contributed by atoms with Gasteiger partial charge in [-0.1, -0.05) is 0 Å². The normalized spacial score (nSPS) is 11.7. The molecule has 1 unspecified atom stereocenters. The van der Waals surface area contributed by atoms with Crippen LogP contribution >= 0.6 is 0 Å². The van der Waals surface area contributed by atoms with Gasteiger partial charge in [0.2, 0.25) is 0 Å². The monoisotopic (exact) mass is 342 g/mol. The molecule has 0 aliphatic carbocycles. The summed E-state index contributed by atoms with van der Waals surface area (Å²) in [5.74, 6) is -8.97. The van der Waals surface area contributed by atoms with Gasteiger partial charge in [-0.05, 0) is 19.1 Å². The molecule has 0 bridgehead atoms. The van der Waals surface area contributed by atoms with E-state index >= 15 is 0 Å². The van der Waals surface area contributed by atoms with Crippen LogP contribution in [0.25, 0.3) is 0 Å². The minimum absolute atomic E-state index is 0.00613. The minimum atomic E-state index is -1.77. The first-order valence-corrected chi connectivity index (χ1v) is 6.56. The summed E-state index contributed by atoms with van der Waals surface area (Å²) in [5.41, 5.74) is -1.26. The van der Waals surface area contributed by atoms with E-state index in [1.54, 1.807) is 5.32 Å². The van der Waals surface area contributed by atoms with Crippen molar-refractivity contribution in [2.45, 2.75) is 13.0 Å². The van der Waals surface area contributed by atoms with Crippen LogP contribution in [0.5, 0.6) is 0 Å². The molecule has 1 N–H and O–H groups in total. The van der Waals surface area contributed by atoms with Gasteiger partial charge < -0.3 is 10.1 Å². The standard InChI is InChI=1S/C15H10F4N2O3/c1-7(24-15(23)8-3-2-4-20-6-8)14(22)21-13-11(18)9(16)5-10(17)12(13)19/h2-7H,1H3,(H,21,22). The van der Waals surface area contributed by atoms with Crippen molar-refractivity contribution < 1.29 is 31.9 Å². The Balaban J connectivity index is 2.12. The quantitative estimate of drug-likeness (QED) is 0.527. The summed E-state index contributed by atoms with van der Waals surface area (Å²) in [6.07, 6.45) is 1.12. The van der Waals surface area contributed by atoms with Gasteiger partial charge >= 0.3 is 5.97 Å². The molecule has 0 aliphatic heterocycles.